The van der Waals surface area contributed by atoms with Gasteiger partial charge in [-0.15, -0.1) is 0 Å². The van der Waals surface area contributed by atoms with Crippen molar-refractivity contribution in [2.45, 2.75) is 26.2 Å². The molecule has 0 saturated carbocycles. The van der Waals surface area contributed by atoms with E-state index < -0.39 is 11.9 Å². The molecular formula is C15H21NO3S. The molecule has 0 saturated heterocycles. The molecule has 0 bridgehead atoms. The molecule has 1 rings (SSSR count). The van der Waals surface area contributed by atoms with Crippen LogP contribution in [0.15, 0.2) is 24.3 Å². The third kappa shape index (κ3) is 6.10. The van der Waals surface area contributed by atoms with E-state index in [0.29, 0.717) is 12.8 Å². The molecule has 0 spiro atoms. The summed E-state index contributed by atoms with van der Waals surface area (Å²) >= 11 is 1.73. The van der Waals surface area contributed by atoms with Gasteiger partial charge in [0.2, 0.25) is 5.91 Å². The van der Waals surface area contributed by atoms with Crippen LogP contribution in [0.3, 0.4) is 0 Å². The topological polar surface area (TPSA) is 66.4 Å². The Hall–Kier alpha value is -1.49. The summed E-state index contributed by atoms with van der Waals surface area (Å²) in [7, 11) is 0. The quantitative estimate of drug-likeness (QED) is 0.723. The van der Waals surface area contributed by atoms with Crippen molar-refractivity contribution in [3.63, 3.8) is 0 Å². The number of thioether (sulfide) groups is 1. The highest BCUT2D eigenvalue weighted by Gasteiger charge is 2.11. The maximum atomic E-state index is 11.6. The van der Waals surface area contributed by atoms with Gasteiger partial charge in [-0.1, -0.05) is 19.1 Å². The van der Waals surface area contributed by atoms with Crippen molar-refractivity contribution in [1.29, 1.82) is 0 Å². The molecule has 0 aliphatic carbocycles. The number of hydrogen-bond acceptors (Lipinski definition) is 3. The number of anilines is 1. The lowest BCUT2D eigenvalue weighted by atomic mass is 10.0. The second-order valence-electron chi connectivity index (χ2n) is 4.78. The lowest BCUT2D eigenvalue weighted by Crippen LogP contribution is -2.13. The Morgan fingerprint density at radius 1 is 1.30 bits per heavy atom. The van der Waals surface area contributed by atoms with Gasteiger partial charge in [-0.25, -0.2) is 0 Å². The predicted molar refractivity (Wildman–Crippen MR) is 83.2 cm³/mol. The average Bonchev–Trinajstić information content (AvgIpc) is 2.41. The van der Waals surface area contributed by atoms with E-state index in [-0.39, 0.29) is 5.91 Å². The minimum Gasteiger partial charge on any atom is -0.481 e. The number of benzene rings is 1. The van der Waals surface area contributed by atoms with Gasteiger partial charge in [0.05, 0.1) is 5.92 Å². The number of amides is 1. The Morgan fingerprint density at radius 2 is 1.95 bits per heavy atom. The van der Waals surface area contributed by atoms with Gasteiger partial charge in [-0.2, -0.15) is 11.8 Å². The molecule has 0 fully saturated rings. The zero-order valence-corrected chi connectivity index (χ0v) is 12.7. The number of carboxylic acid groups (broad SMARTS) is 1. The summed E-state index contributed by atoms with van der Waals surface area (Å²) in [6.07, 6.45) is 3.92. The van der Waals surface area contributed by atoms with Crippen LogP contribution in [0.5, 0.6) is 0 Å². The van der Waals surface area contributed by atoms with E-state index in [4.69, 9.17) is 5.11 Å². The van der Waals surface area contributed by atoms with E-state index in [1.807, 2.05) is 30.5 Å². The van der Waals surface area contributed by atoms with Gasteiger partial charge in [-0.05, 0) is 42.5 Å². The molecule has 0 heterocycles. The molecule has 1 aromatic rings. The van der Waals surface area contributed by atoms with Crippen LogP contribution < -0.4 is 5.32 Å². The second-order valence-corrected chi connectivity index (χ2v) is 5.77. The number of carboxylic acids is 1. The Balaban J connectivity index is 2.46. The van der Waals surface area contributed by atoms with E-state index >= 15 is 0 Å². The fourth-order valence-electron chi connectivity index (χ4n) is 1.77. The van der Waals surface area contributed by atoms with Crippen molar-refractivity contribution in [2.75, 3.05) is 17.3 Å². The van der Waals surface area contributed by atoms with Gasteiger partial charge in [0.1, 0.15) is 0 Å². The van der Waals surface area contributed by atoms with E-state index in [2.05, 4.69) is 5.32 Å². The first-order valence-corrected chi connectivity index (χ1v) is 8.03. The van der Waals surface area contributed by atoms with Gasteiger partial charge >= 0.3 is 5.97 Å². The fourth-order valence-corrected chi connectivity index (χ4v) is 2.20. The third-order valence-electron chi connectivity index (χ3n) is 2.95. The standard InChI is InChI=1S/C15H21NO3S/c1-11(15(18)19)10-12-5-7-13(8-6-12)16-14(17)4-3-9-20-2/h5-8,11H,3-4,9-10H2,1-2H3,(H,16,17)(H,18,19). The van der Waals surface area contributed by atoms with Crippen molar-refractivity contribution in [3.05, 3.63) is 29.8 Å². The molecule has 0 aliphatic rings. The zero-order chi connectivity index (χ0) is 15.0. The fraction of sp³-hybridized carbons (Fsp3) is 0.467. The second kappa shape index (κ2) is 8.64. The SMILES string of the molecule is CSCCCC(=O)Nc1ccc(CC(C)C(=O)O)cc1. The summed E-state index contributed by atoms with van der Waals surface area (Å²) in [5, 5.41) is 11.7. The normalized spacial score (nSPS) is 11.9. The van der Waals surface area contributed by atoms with Crippen LogP contribution in [0.4, 0.5) is 5.69 Å². The minimum atomic E-state index is -0.795. The number of nitrogens with one attached hydrogen (secondary N) is 1. The summed E-state index contributed by atoms with van der Waals surface area (Å²) < 4.78 is 0. The van der Waals surface area contributed by atoms with Crippen LogP contribution in [0.25, 0.3) is 0 Å². The Labute approximate surface area is 124 Å². The summed E-state index contributed by atoms with van der Waals surface area (Å²) in [5.74, 6) is -0.191. The van der Waals surface area contributed by atoms with E-state index in [1.165, 1.54) is 0 Å². The van der Waals surface area contributed by atoms with E-state index in [9.17, 15) is 9.59 Å². The molecule has 0 aliphatic heterocycles. The van der Waals surface area contributed by atoms with Crippen LogP contribution in [0.1, 0.15) is 25.3 Å². The molecule has 2 N–H and O–H groups in total. The van der Waals surface area contributed by atoms with Gasteiger partial charge in [0.25, 0.3) is 0 Å². The average molecular weight is 295 g/mol. The van der Waals surface area contributed by atoms with E-state index in [0.717, 1.165) is 23.4 Å². The third-order valence-corrected chi connectivity index (χ3v) is 3.65. The highest BCUT2D eigenvalue weighted by molar-refractivity contribution is 7.98. The summed E-state index contributed by atoms with van der Waals surface area (Å²) in [5.41, 5.74) is 1.71. The molecule has 0 radical (unpaired) electrons. The molecule has 1 aromatic carbocycles. The van der Waals surface area contributed by atoms with Crippen molar-refractivity contribution < 1.29 is 14.7 Å². The van der Waals surface area contributed by atoms with Crippen LogP contribution in [0, 0.1) is 5.92 Å². The smallest absolute Gasteiger partial charge is 0.306 e. The van der Waals surface area contributed by atoms with Gasteiger partial charge in [0, 0.05) is 12.1 Å². The molecule has 0 aromatic heterocycles. The van der Waals surface area contributed by atoms with Crippen LogP contribution in [-0.2, 0) is 16.0 Å². The highest BCUT2D eigenvalue weighted by Crippen LogP contribution is 2.14. The van der Waals surface area contributed by atoms with Crippen LogP contribution >= 0.6 is 11.8 Å². The first-order valence-electron chi connectivity index (χ1n) is 6.63. The predicted octanol–water partition coefficient (Wildman–Crippen LogP) is 3.03. The Morgan fingerprint density at radius 3 is 2.50 bits per heavy atom. The van der Waals surface area contributed by atoms with Crippen LogP contribution in [-0.4, -0.2) is 29.0 Å². The molecule has 1 atom stereocenters. The van der Waals surface area contributed by atoms with E-state index in [1.54, 1.807) is 18.7 Å². The first-order chi connectivity index (χ1) is 9.52. The number of aliphatic carboxylic acids is 1. The highest BCUT2D eigenvalue weighted by atomic mass is 32.2. The molecule has 20 heavy (non-hydrogen) atoms. The maximum Gasteiger partial charge on any atom is 0.306 e. The van der Waals surface area contributed by atoms with Gasteiger partial charge < -0.3 is 10.4 Å². The molecule has 4 nitrogen and oxygen atoms in total. The number of carbonyl (C=O) groups excluding carboxylic acids is 1. The largest absolute Gasteiger partial charge is 0.481 e. The monoisotopic (exact) mass is 295 g/mol. The zero-order valence-electron chi connectivity index (χ0n) is 11.9. The molecule has 1 amide bonds. The van der Waals surface area contributed by atoms with Crippen LogP contribution in [0.2, 0.25) is 0 Å². The van der Waals surface area contributed by atoms with Gasteiger partial charge in [-0.3, -0.25) is 9.59 Å². The molecule has 110 valence electrons. The van der Waals surface area contributed by atoms with Crippen molar-refractivity contribution in [2.24, 2.45) is 5.92 Å². The lowest BCUT2D eigenvalue weighted by Gasteiger charge is -2.08. The van der Waals surface area contributed by atoms with Gasteiger partial charge in [0.15, 0.2) is 0 Å². The summed E-state index contributed by atoms with van der Waals surface area (Å²) in [6, 6.07) is 7.35. The maximum absolute atomic E-state index is 11.6. The lowest BCUT2D eigenvalue weighted by molar-refractivity contribution is -0.141. The summed E-state index contributed by atoms with van der Waals surface area (Å²) in [6.45, 7) is 1.68. The van der Waals surface area contributed by atoms with Crippen molar-refractivity contribution >= 4 is 29.3 Å². The molecule has 5 heteroatoms. The number of rotatable bonds is 8. The van der Waals surface area contributed by atoms with Crippen molar-refractivity contribution in [1.82, 2.24) is 0 Å². The molecular weight excluding hydrogens is 274 g/mol. The van der Waals surface area contributed by atoms with Crippen molar-refractivity contribution in [3.8, 4) is 0 Å². The minimum absolute atomic E-state index is 0.0192. The Bertz CT molecular complexity index is 445. The summed E-state index contributed by atoms with van der Waals surface area (Å²) in [4.78, 5) is 22.4. The first kappa shape index (κ1) is 16.6. The molecule has 1 unspecified atom stereocenters. The Kier molecular flexibility index (Phi) is 7.15. The number of carbonyl (C=O) groups is 2. The number of hydrogen-bond donors (Lipinski definition) is 2.